The summed E-state index contributed by atoms with van der Waals surface area (Å²) in [5.74, 6) is -0.529. The standard InChI is InChI=1S/C15H14ClFN4OS.C2H6/c1-9-2-3-12(11(17)6-9)21-8-10(19-20-21)7-18-15(22)13-4-5-14(16)23-13;1-2/h2-6,8,19-20H,7H2,1H3,(H,18,22);1-2H3. The van der Waals surface area contributed by atoms with Crippen molar-refractivity contribution in [3.05, 3.63) is 62.8 Å². The predicted octanol–water partition coefficient (Wildman–Crippen LogP) is 3.98. The number of hydrogen-bond donors (Lipinski definition) is 3. The molecule has 1 amide bonds. The second-order valence-corrected chi connectivity index (χ2v) is 6.72. The maximum Gasteiger partial charge on any atom is 0.261 e. The van der Waals surface area contributed by atoms with Crippen molar-refractivity contribution < 1.29 is 9.18 Å². The SMILES string of the molecule is CC.Cc1ccc(N2C=C(CNC(=O)c3ccc(Cl)s3)NN2)c(F)c1. The minimum atomic E-state index is -0.325. The monoisotopic (exact) mass is 382 g/mol. The summed E-state index contributed by atoms with van der Waals surface area (Å²) in [4.78, 5) is 12.5. The van der Waals surface area contributed by atoms with E-state index >= 15 is 0 Å². The Bertz CT molecular complexity index is 778. The zero-order valence-electron chi connectivity index (χ0n) is 14.2. The Balaban J connectivity index is 0.00000109. The minimum Gasteiger partial charge on any atom is -0.346 e. The van der Waals surface area contributed by atoms with Crippen molar-refractivity contribution in [3.8, 4) is 0 Å². The molecule has 0 unspecified atom stereocenters. The van der Waals surface area contributed by atoms with Gasteiger partial charge in [-0.25, -0.2) is 4.39 Å². The van der Waals surface area contributed by atoms with Gasteiger partial charge in [0.1, 0.15) is 5.82 Å². The van der Waals surface area contributed by atoms with Crippen LogP contribution in [0.5, 0.6) is 0 Å². The number of rotatable bonds is 4. The summed E-state index contributed by atoms with van der Waals surface area (Å²) in [5, 5.41) is 4.30. The molecular formula is C17H20ClFN4OS. The summed E-state index contributed by atoms with van der Waals surface area (Å²) in [6.45, 7) is 6.11. The van der Waals surface area contributed by atoms with Crippen molar-refractivity contribution >= 4 is 34.5 Å². The number of halogens is 2. The lowest BCUT2D eigenvalue weighted by Gasteiger charge is -2.16. The van der Waals surface area contributed by atoms with Gasteiger partial charge < -0.3 is 10.7 Å². The number of nitrogens with one attached hydrogen (secondary N) is 3. The molecule has 0 atom stereocenters. The Hall–Kier alpha value is -2.09. The van der Waals surface area contributed by atoms with Crippen molar-refractivity contribution in [2.24, 2.45) is 0 Å². The van der Waals surface area contributed by atoms with Crippen molar-refractivity contribution in [1.82, 2.24) is 16.3 Å². The molecule has 25 heavy (non-hydrogen) atoms. The first-order chi connectivity index (χ1) is 12.0. The topological polar surface area (TPSA) is 56.4 Å². The molecule has 0 bridgehead atoms. The zero-order chi connectivity index (χ0) is 18.4. The highest BCUT2D eigenvalue weighted by atomic mass is 35.5. The van der Waals surface area contributed by atoms with E-state index in [0.717, 1.165) is 5.56 Å². The molecule has 1 aromatic heterocycles. The van der Waals surface area contributed by atoms with Gasteiger partial charge >= 0.3 is 0 Å². The number of nitrogens with zero attached hydrogens (tertiary/aromatic N) is 1. The van der Waals surface area contributed by atoms with Crippen LogP contribution in [0.4, 0.5) is 10.1 Å². The van der Waals surface area contributed by atoms with Crippen LogP contribution in [0.25, 0.3) is 0 Å². The molecule has 0 aliphatic carbocycles. The van der Waals surface area contributed by atoms with E-state index in [1.54, 1.807) is 24.4 Å². The molecule has 0 saturated carbocycles. The van der Waals surface area contributed by atoms with Crippen LogP contribution in [-0.2, 0) is 0 Å². The third-order valence-corrected chi connectivity index (χ3v) is 4.45. The quantitative estimate of drug-likeness (QED) is 0.748. The molecule has 0 spiro atoms. The van der Waals surface area contributed by atoms with Crippen LogP contribution in [-0.4, -0.2) is 12.5 Å². The molecule has 5 nitrogen and oxygen atoms in total. The van der Waals surface area contributed by atoms with Gasteiger partial charge in [-0.15, -0.1) is 16.9 Å². The molecule has 8 heteroatoms. The molecule has 2 aromatic rings. The first kappa shape index (κ1) is 19.2. The Morgan fingerprint density at radius 1 is 1.32 bits per heavy atom. The lowest BCUT2D eigenvalue weighted by Crippen LogP contribution is -2.38. The maximum atomic E-state index is 13.9. The average molecular weight is 383 g/mol. The van der Waals surface area contributed by atoms with Crippen LogP contribution >= 0.6 is 22.9 Å². The predicted molar refractivity (Wildman–Crippen MR) is 101 cm³/mol. The van der Waals surface area contributed by atoms with Crippen LogP contribution in [0.1, 0.15) is 29.1 Å². The summed E-state index contributed by atoms with van der Waals surface area (Å²) in [5.41, 5.74) is 7.68. The first-order valence-corrected chi connectivity index (χ1v) is 9.03. The van der Waals surface area contributed by atoms with E-state index in [1.807, 2.05) is 26.8 Å². The summed E-state index contributed by atoms with van der Waals surface area (Å²) < 4.78 is 14.5. The smallest absolute Gasteiger partial charge is 0.261 e. The molecule has 1 aliphatic heterocycles. The van der Waals surface area contributed by atoms with Crippen molar-refractivity contribution in [2.45, 2.75) is 20.8 Å². The number of anilines is 1. The number of thiophene rings is 1. The fraction of sp³-hybridized carbons (Fsp3) is 0.235. The highest BCUT2D eigenvalue weighted by molar-refractivity contribution is 7.17. The van der Waals surface area contributed by atoms with E-state index in [-0.39, 0.29) is 18.3 Å². The van der Waals surface area contributed by atoms with Crippen LogP contribution in [0.3, 0.4) is 0 Å². The van der Waals surface area contributed by atoms with Gasteiger partial charge in [0, 0.05) is 6.20 Å². The van der Waals surface area contributed by atoms with Crippen molar-refractivity contribution in [2.75, 3.05) is 11.6 Å². The van der Waals surface area contributed by atoms with Crippen molar-refractivity contribution in [3.63, 3.8) is 0 Å². The van der Waals surface area contributed by atoms with Gasteiger partial charge in [-0.05, 0) is 36.8 Å². The maximum absolute atomic E-state index is 13.9. The van der Waals surface area contributed by atoms with E-state index in [0.29, 0.717) is 20.6 Å². The first-order valence-electron chi connectivity index (χ1n) is 7.84. The number of aryl methyl sites for hydroxylation is 1. The second-order valence-electron chi connectivity index (χ2n) is 5.00. The number of amides is 1. The zero-order valence-corrected chi connectivity index (χ0v) is 15.8. The van der Waals surface area contributed by atoms with E-state index in [2.05, 4.69) is 16.3 Å². The second kappa shape index (κ2) is 8.84. The summed E-state index contributed by atoms with van der Waals surface area (Å²) >= 11 is 7.02. The number of benzene rings is 1. The molecule has 1 aliphatic rings. The fourth-order valence-electron chi connectivity index (χ4n) is 2.08. The largest absolute Gasteiger partial charge is 0.346 e. The Kier molecular flexibility index (Phi) is 6.81. The number of hydrazine groups is 2. The van der Waals surface area contributed by atoms with Crippen LogP contribution in [0, 0.1) is 12.7 Å². The molecule has 3 N–H and O–H groups in total. The summed E-state index contributed by atoms with van der Waals surface area (Å²) in [7, 11) is 0. The Morgan fingerprint density at radius 2 is 2.08 bits per heavy atom. The van der Waals surface area contributed by atoms with E-state index < -0.39 is 0 Å². The summed E-state index contributed by atoms with van der Waals surface area (Å²) in [6, 6.07) is 8.33. The third-order valence-electron chi connectivity index (χ3n) is 3.22. The average Bonchev–Trinajstić information content (AvgIpc) is 3.24. The van der Waals surface area contributed by atoms with Gasteiger partial charge in [-0.3, -0.25) is 9.80 Å². The molecule has 0 radical (unpaired) electrons. The number of carbonyl (C=O) groups excluding carboxylic acids is 1. The molecule has 2 heterocycles. The Morgan fingerprint density at radius 3 is 2.72 bits per heavy atom. The van der Waals surface area contributed by atoms with Gasteiger partial charge in [-0.2, -0.15) is 0 Å². The van der Waals surface area contributed by atoms with E-state index in [9.17, 15) is 9.18 Å². The normalized spacial score (nSPS) is 12.8. The molecular weight excluding hydrogens is 363 g/mol. The van der Waals surface area contributed by atoms with Gasteiger partial charge in [0.25, 0.3) is 5.91 Å². The van der Waals surface area contributed by atoms with Gasteiger partial charge in [0.2, 0.25) is 0 Å². The van der Waals surface area contributed by atoms with Gasteiger partial charge in [0.15, 0.2) is 0 Å². The summed E-state index contributed by atoms with van der Waals surface area (Å²) in [6.07, 6.45) is 1.69. The lowest BCUT2D eigenvalue weighted by molar-refractivity contribution is 0.0960. The molecule has 0 saturated heterocycles. The van der Waals surface area contributed by atoms with Gasteiger partial charge in [-0.1, -0.05) is 31.5 Å². The molecule has 134 valence electrons. The third kappa shape index (κ3) is 4.94. The lowest BCUT2D eigenvalue weighted by atomic mass is 10.2. The van der Waals surface area contributed by atoms with Crippen LogP contribution < -0.4 is 21.3 Å². The molecule has 1 aromatic carbocycles. The van der Waals surface area contributed by atoms with E-state index in [1.165, 1.54) is 22.4 Å². The van der Waals surface area contributed by atoms with Crippen LogP contribution in [0.2, 0.25) is 4.34 Å². The molecule has 0 fully saturated rings. The van der Waals surface area contributed by atoms with Crippen LogP contribution in [0.15, 0.2) is 42.2 Å². The van der Waals surface area contributed by atoms with Gasteiger partial charge in [0.05, 0.1) is 27.1 Å². The minimum absolute atomic E-state index is 0.204. The van der Waals surface area contributed by atoms with Crippen molar-refractivity contribution in [1.29, 1.82) is 0 Å². The fourth-order valence-corrected chi connectivity index (χ4v) is 3.04. The Labute approximate surface area is 155 Å². The highest BCUT2D eigenvalue weighted by Crippen LogP contribution is 2.22. The van der Waals surface area contributed by atoms with E-state index in [4.69, 9.17) is 11.6 Å². The number of carbonyl (C=O) groups is 1. The molecule has 3 rings (SSSR count). The highest BCUT2D eigenvalue weighted by Gasteiger charge is 2.17. The number of hydrogen-bond acceptors (Lipinski definition) is 5.